The van der Waals surface area contributed by atoms with Crippen LogP contribution in [0.1, 0.15) is 64.4 Å². The van der Waals surface area contributed by atoms with Gasteiger partial charge in [0.1, 0.15) is 27.8 Å². The number of esters is 1. The van der Waals surface area contributed by atoms with Gasteiger partial charge in [-0.05, 0) is 88.2 Å². The smallest absolute Gasteiger partial charge is 0.410 e. The molecule has 5 rings (SSSR count). The number of nitrogens with zero attached hydrogens (tertiary/aromatic N) is 1. The van der Waals surface area contributed by atoms with E-state index in [9.17, 15) is 29.1 Å². The number of methoxy groups -OCH3 is 2. The van der Waals surface area contributed by atoms with Crippen LogP contribution in [-0.2, 0) is 32.0 Å². The second-order valence-corrected chi connectivity index (χ2v) is 15.9. The number of thiophene rings is 1. The first kappa shape index (κ1) is 40.4. The molecule has 1 aliphatic rings. The molecule has 0 aliphatic carbocycles. The molecule has 15 heteroatoms. The fourth-order valence-electron chi connectivity index (χ4n) is 5.53. The first-order valence-electron chi connectivity index (χ1n) is 17.2. The van der Waals surface area contributed by atoms with Crippen molar-refractivity contribution in [3.05, 3.63) is 106 Å². The van der Waals surface area contributed by atoms with E-state index >= 15 is 0 Å². The van der Waals surface area contributed by atoms with Crippen LogP contribution in [0.2, 0.25) is 0 Å². The van der Waals surface area contributed by atoms with Gasteiger partial charge in [0.05, 0.1) is 31.6 Å². The molecule has 0 saturated heterocycles. The Morgan fingerprint density at radius 1 is 0.964 bits per heavy atom. The predicted octanol–water partition coefficient (Wildman–Crippen LogP) is 7.07. The highest BCUT2D eigenvalue weighted by Crippen LogP contribution is 2.39. The molecule has 0 saturated carbocycles. The van der Waals surface area contributed by atoms with Gasteiger partial charge in [-0.1, -0.05) is 24.3 Å². The molecule has 55 heavy (non-hydrogen) atoms. The van der Waals surface area contributed by atoms with Gasteiger partial charge in [0, 0.05) is 39.2 Å². The van der Waals surface area contributed by atoms with Crippen LogP contribution in [0, 0.1) is 0 Å². The number of nitrogens with one attached hydrogen (secondary N) is 3. The Morgan fingerprint density at radius 2 is 1.71 bits per heavy atom. The molecule has 1 unspecified atom stereocenters. The molecule has 4 aromatic rings. The van der Waals surface area contributed by atoms with E-state index in [-0.39, 0.29) is 35.2 Å². The van der Waals surface area contributed by atoms with Gasteiger partial charge in [-0.2, -0.15) is 0 Å². The summed E-state index contributed by atoms with van der Waals surface area (Å²) in [6.07, 6.45) is 1.38. The van der Waals surface area contributed by atoms with Gasteiger partial charge in [-0.15, -0.1) is 23.1 Å². The average molecular weight is 787 g/mol. The number of hydrogen-bond acceptors (Lipinski definition) is 11. The van der Waals surface area contributed by atoms with Gasteiger partial charge in [0.15, 0.2) is 0 Å². The summed E-state index contributed by atoms with van der Waals surface area (Å²) in [6.45, 7) is 7.67. The summed E-state index contributed by atoms with van der Waals surface area (Å²) in [5.41, 5.74) is 1.43. The third kappa shape index (κ3) is 10.5. The SMILES string of the molecule is COC(=O)c1c(NC(=O)C(C)Sc2cccc(NC(=O)/C(=C\c3ccc(O)cc3OC)NC(=O)c3ccccc3)c2)sc2c1CCN(C(=O)OC(C)(C)C)C2. The molecule has 13 nitrogen and oxygen atoms in total. The number of fused-ring (bicyclic) bond motifs is 1. The number of carbonyl (C=O) groups excluding carboxylic acids is 5. The summed E-state index contributed by atoms with van der Waals surface area (Å²) >= 11 is 2.45. The van der Waals surface area contributed by atoms with Gasteiger partial charge in [0.25, 0.3) is 11.8 Å². The Hall–Kier alpha value is -5.80. The second kappa shape index (κ2) is 17.6. The molecule has 0 spiro atoms. The topological polar surface area (TPSA) is 173 Å². The van der Waals surface area contributed by atoms with E-state index in [1.165, 1.54) is 55.5 Å². The average Bonchev–Trinajstić information content (AvgIpc) is 3.51. The van der Waals surface area contributed by atoms with Crippen LogP contribution in [0.25, 0.3) is 6.08 Å². The van der Waals surface area contributed by atoms with E-state index in [4.69, 9.17) is 14.2 Å². The molecule has 3 aromatic carbocycles. The van der Waals surface area contributed by atoms with Crippen LogP contribution in [-0.4, -0.2) is 71.4 Å². The molecule has 288 valence electrons. The normalized spacial score (nSPS) is 13.2. The van der Waals surface area contributed by atoms with Crippen LogP contribution >= 0.6 is 23.1 Å². The minimum absolute atomic E-state index is 0.0319. The van der Waals surface area contributed by atoms with Crippen molar-refractivity contribution in [2.45, 2.75) is 56.4 Å². The first-order valence-corrected chi connectivity index (χ1v) is 18.9. The lowest BCUT2D eigenvalue weighted by atomic mass is 10.0. The van der Waals surface area contributed by atoms with Crippen LogP contribution < -0.4 is 20.7 Å². The fourth-order valence-corrected chi connectivity index (χ4v) is 7.71. The van der Waals surface area contributed by atoms with Crippen LogP contribution in [0.15, 0.2) is 83.4 Å². The zero-order chi connectivity index (χ0) is 39.9. The van der Waals surface area contributed by atoms with E-state index in [1.807, 2.05) is 0 Å². The van der Waals surface area contributed by atoms with E-state index in [2.05, 4.69) is 16.0 Å². The number of ether oxygens (including phenoxy) is 3. The Bertz CT molecular complexity index is 2130. The predicted molar refractivity (Wildman–Crippen MR) is 212 cm³/mol. The maximum absolute atomic E-state index is 13.7. The van der Waals surface area contributed by atoms with Crippen LogP contribution in [0.3, 0.4) is 0 Å². The zero-order valence-electron chi connectivity index (χ0n) is 31.2. The summed E-state index contributed by atoms with van der Waals surface area (Å²) in [5, 5.41) is 18.0. The van der Waals surface area contributed by atoms with Crippen LogP contribution in [0.4, 0.5) is 15.5 Å². The molecule has 1 atom stereocenters. The molecule has 0 bridgehead atoms. The van der Waals surface area contributed by atoms with Crippen molar-refractivity contribution in [3.8, 4) is 11.5 Å². The highest BCUT2D eigenvalue weighted by atomic mass is 32.2. The molecular weight excluding hydrogens is 745 g/mol. The monoisotopic (exact) mass is 786 g/mol. The Labute approximate surface area is 327 Å². The molecular formula is C40H42N4O9S2. The maximum Gasteiger partial charge on any atom is 0.410 e. The van der Waals surface area contributed by atoms with Crippen molar-refractivity contribution in [2.24, 2.45) is 0 Å². The van der Waals surface area contributed by atoms with E-state index in [0.29, 0.717) is 39.7 Å². The van der Waals surface area contributed by atoms with E-state index < -0.39 is 34.7 Å². The number of aromatic hydroxyl groups is 1. The van der Waals surface area contributed by atoms with Crippen molar-refractivity contribution in [3.63, 3.8) is 0 Å². The van der Waals surface area contributed by atoms with Crippen molar-refractivity contribution >= 4 is 69.6 Å². The summed E-state index contributed by atoms with van der Waals surface area (Å²) in [4.78, 5) is 69.0. The Kier molecular flexibility index (Phi) is 12.9. The summed E-state index contributed by atoms with van der Waals surface area (Å²) in [7, 11) is 2.70. The number of anilines is 2. The number of carbonyl (C=O) groups is 5. The fraction of sp³-hybridized carbons (Fsp3) is 0.275. The lowest BCUT2D eigenvalue weighted by molar-refractivity contribution is -0.115. The van der Waals surface area contributed by atoms with Gasteiger partial charge in [-0.3, -0.25) is 14.4 Å². The Morgan fingerprint density at radius 3 is 2.40 bits per heavy atom. The van der Waals surface area contributed by atoms with Gasteiger partial charge in [-0.25, -0.2) is 9.59 Å². The van der Waals surface area contributed by atoms with E-state index in [0.717, 1.165) is 10.4 Å². The minimum atomic E-state index is -0.661. The number of phenols is 1. The lowest BCUT2D eigenvalue weighted by Gasteiger charge is -2.30. The maximum atomic E-state index is 13.7. The lowest BCUT2D eigenvalue weighted by Crippen LogP contribution is -2.39. The highest BCUT2D eigenvalue weighted by Gasteiger charge is 2.33. The van der Waals surface area contributed by atoms with Gasteiger partial charge >= 0.3 is 12.1 Å². The number of phenolic OH excluding ortho intramolecular Hbond substituents is 1. The first-order chi connectivity index (χ1) is 26.1. The van der Waals surface area contributed by atoms with Crippen molar-refractivity contribution in [2.75, 3.05) is 31.4 Å². The largest absolute Gasteiger partial charge is 0.508 e. The molecule has 4 N–H and O–H groups in total. The number of amides is 4. The number of benzene rings is 3. The highest BCUT2D eigenvalue weighted by molar-refractivity contribution is 8.00. The molecule has 0 radical (unpaired) electrons. The third-order valence-corrected chi connectivity index (χ3v) is 10.4. The molecule has 1 aromatic heterocycles. The van der Waals surface area contributed by atoms with E-state index in [1.54, 1.807) is 93.3 Å². The second-order valence-electron chi connectivity index (χ2n) is 13.4. The summed E-state index contributed by atoms with van der Waals surface area (Å²) in [5.74, 6) is -1.84. The standard InChI is InChI=1S/C40H42N4O9S2/c1-23(34(46)43-37-33(38(49)52-6)29-17-18-44(22-32(29)55-37)39(50)53-40(2,3)4)54-28-14-10-13-26(20-28)41-36(48)30(42-35(47)24-11-8-7-9-12-24)19-25-15-16-27(45)21-31(25)51-5/h7-16,19-21,23,45H,17-18,22H2,1-6H3,(H,41,48)(H,42,47)(H,43,46)/b30-19+. The number of thioether (sulfide) groups is 1. The number of rotatable bonds is 11. The Balaban J connectivity index is 1.31. The summed E-state index contributed by atoms with van der Waals surface area (Å²) in [6, 6.07) is 19.7. The quantitative estimate of drug-likeness (QED) is 0.0700. The molecule has 2 heterocycles. The van der Waals surface area contributed by atoms with Gasteiger partial charge in [0.2, 0.25) is 5.91 Å². The minimum Gasteiger partial charge on any atom is -0.508 e. The number of hydrogen-bond donors (Lipinski definition) is 4. The van der Waals surface area contributed by atoms with Gasteiger partial charge < -0.3 is 40.2 Å². The van der Waals surface area contributed by atoms with Crippen molar-refractivity contribution in [1.29, 1.82) is 0 Å². The molecule has 1 aliphatic heterocycles. The summed E-state index contributed by atoms with van der Waals surface area (Å²) < 4.78 is 16.0. The van der Waals surface area contributed by atoms with Crippen LogP contribution in [0.5, 0.6) is 11.5 Å². The molecule has 0 fully saturated rings. The molecule has 4 amide bonds. The third-order valence-electron chi connectivity index (χ3n) is 8.15. The van der Waals surface area contributed by atoms with Crippen molar-refractivity contribution < 1.29 is 43.3 Å². The van der Waals surface area contributed by atoms with Crippen molar-refractivity contribution in [1.82, 2.24) is 10.2 Å². The zero-order valence-corrected chi connectivity index (χ0v) is 32.8.